The number of rotatable bonds is 4. The number of benzene rings is 1. The van der Waals surface area contributed by atoms with E-state index in [1.807, 2.05) is 13.8 Å². The lowest BCUT2D eigenvalue weighted by atomic mass is 10.1. The fraction of sp³-hybridized carbons (Fsp3) is 0.368. The van der Waals surface area contributed by atoms with Crippen LogP contribution in [0.15, 0.2) is 23.1 Å². The van der Waals surface area contributed by atoms with E-state index >= 15 is 0 Å². The van der Waals surface area contributed by atoms with Gasteiger partial charge in [-0.2, -0.15) is 0 Å². The highest BCUT2D eigenvalue weighted by Crippen LogP contribution is 2.39. The van der Waals surface area contributed by atoms with Crippen LogP contribution in [0.25, 0.3) is 0 Å². The standard InChI is InChI=1S/C19H23N3O5S2/c1-10-11(2)28-18(16(10)17(20)24)21-29(25,26)13-6-7-15-14(8-13)22(12(3)23)9-19(4,5)27-15/h6-8,21H,9H2,1-5H3,(H2,20,24). The van der Waals surface area contributed by atoms with Crippen molar-refractivity contribution >= 4 is 43.9 Å². The number of carbonyl (C=O) groups excluding carboxylic acids is 2. The number of nitrogens with one attached hydrogen (secondary N) is 1. The van der Waals surface area contributed by atoms with E-state index in [4.69, 9.17) is 10.5 Å². The van der Waals surface area contributed by atoms with Crippen molar-refractivity contribution in [3.63, 3.8) is 0 Å². The number of hydrogen-bond donors (Lipinski definition) is 2. The maximum absolute atomic E-state index is 13.0. The molecule has 0 unspecified atom stereocenters. The molecule has 29 heavy (non-hydrogen) atoms. The molecule has 0 radical (unpaired) electrons. The SMILES string of the molecule is CC(=O)N1CC(C)(C)Oc2ccc(S(=O)(=O)Nc3sc(C)c(C)c3C(N)=O)cc21. The lowest BCUT2D eigenvalue weighted by Gasteiger charge is -2.39. The number of nitrogens with two attached hydrogens (primary N) is 1. The molecule has 3 rings (SSSR count). The Hall–Kier alpha value is -2.59. The molecule has 1 aromatic heterocycles. The fourth-order valence-electron chi connectivity index (χ4n) is 3.21. The topological polar surface area (TPSA) is 119 Å². The quantitative estimate of drug-likeness (QED) is 0.762. The van der Waals surface area contributed by atoms with E-state index in [9.17, 15) is 18.0 Å². The first-order chi connectivity index (χ1) is 13.3. The molecule has 2 heterocycles. The summed E-state index contributed by atoms with van der Waals surface area (Å²) in [6, 6.07) is 4.32. The van der Waals surface area contributed by atoms with Gasteiger partial charge in [0, 0.05) is 11.8 Å². The average Bonchev–Trinajstić information content (AvgIpc) is 2.85. The van der Waals surface area contributed by atoms with Crippen LogP contribution < -0.4 is 20.1 Å². The van der Waals surface area contributed by atoms with Crippen molar-refractivity contribution in [3.8, 4) is 5.75 Å². The predicted octanol–water partition coefficient (Wildman–Crippen LogP) is 2.79. The summed E-state index contributed by atoms with van der Waals surface area (Å²) >= 11 is 1.14. The van der Waals surface area contributed by atoms with Crippen LogP contribution in [0, 0.1) is 13.8 Å². The number of hydrogen-bond acceptors (Lipinski definition) is 6. The lowest BCUT2D eigenvalue weighted by Crippen LogP contribution is -2.48. The molecule has 2 amide bonds. The minimum absolute atomic E-state index is 0.0510. The van der Waals surface area contributed by atoms with E-state index in [1.165, 1.54) is 30.0 Å². The van der Waals surface area contributed by atoms with Gasteiger partial charge in [0.15, 0.2) is 0 Å². The summed E-state index contributed by atoms with van der Waals surface area (Å²) < 4.78 is 34.3. The van der Waals surface area contributed by atoms with Crippen molar-refractivity contribution in [1.29, 1.82) is 0 Å². The van der Waals surface area contributed by atoms with Crippen LogP contribution in [0.4, 0.5) is 10.7 Å². The molecule has 10 heteroatoms. The number of nitrogens with zero attached hydrogens (tertiary/aromatic N) is 1. The van der Waals surface area contributed by atoms with Gasteiger partial charge >= 0.3 is 0 Å². The Morgan fingerprint density at radius 1 is 1.28 bits per heavy atom. The Morgan fingerprint density at radius 2 is 1.93 bits per heavy atom. The number of anilines is 2. The summed E-state index contributed by atoms with van der Waals surface area (Å²) in [5.41, 5.74) is 6.01. The van der Waals surface area contributed by atoms with Gasteiger partial charge in [-0.1, -0.05) is 0 Å². The maximum atomic E-state index is 13.0. The number of ether oxygens (including phenoxy) is 1. The number of aryl methyl sites for hydroxylation is 1. The third-order valence-electron chi connectivity index (χ3n) is 4.70. The molecule has 0 saturated carbocycles. The van der Waals surface area contributed by atoms with Crippen molar-refractivity contribution in [2.24, 2.45) is 5.73 Å². The Kier molecular flexibility index (Phi) is 5.12. The van der Waals surface area contributed by atoms with E-state index in [1.54, 1.807) is 13.8 Å². The van der Waals surface area contributed by atoms with E-state index in [2.05, 4.69) is 4.72 Å². The molecule has 1 aromatic carbocycles. The number of carbonyl (C=O) groups is 2. The normalized spacial score (nSPS) is 15.4. The van der Waals surface area contributed by atoms with Gasteiger partial charge in [0.1, 0.15) is 16.4 Å². The highest BCUT2D eigenvalue weighted by atomic mass is 32.2. The van der Waals surface area contributed by atoms with Gasteiger partial charge in [-0.05, 0) is 51.5 Å². The summed E-state index contributed by atoms with van der Waals surface area (Å²) in [5, 5.41) is 0.172. The third kappa shape index (κ3) is 3.95. The van der Waals surface area contributed by atoms with Crippen molar-refractivity contribution in [3.05, 3.63) is 34.2 Å². The van der Waals surface area contributed by atoms with Gasteiger partial charge in [-0.15, -0.1) is 11.3 Å². The molecule has 156 valence electrons. The molecule has 0 fully saturated rings. The fourth-order valence-corrected chi connectivity index (χ4v) is 5.61. The van der Waals surface area contributed by atoms with Crippen LogP contribution >= 0.6 is 11.3 Å². The summed E-state index contributed by atoms with van der Waals surface area (Å²) in [5.74, 6) is -0.491. The summed E-state index contributed by atoms with van der Waals surface area (Å²) in [4.78, 5) is 26.1. The highest BCUT2D eigenvalue weighted by molar-refractivity contribution is 7.93. The summed E-state index contributed by atoms with van der Waals surface area (Å²) in [6.45, 7) is 8.91. The largest absolute Gasteiger partial charge is 0.484 e. The molecule has 8 nitrogen and oxygen atoms in total. The Morgan fingerprint density at radius 3 is 2.52 bits per heavy atom. The highest BCUT2D eigenvalue weighted by Gasteiger charge is 2.35. The van der Waals surface area contributed by atoms with Gasteiger partial charge in [-0.3, -0.25) is 14.3 Å². The van der Waals surface area contributed by atoms with Crippen molar-refractivity contribution < 1.29 is 22.7 Å². The Balaban J connectivity index is 2.04. The first-order valence-corrected chi connectivity index (χ1v) is 11.2. The molecule has 0 aliphatic carbocycles. The summed E-state index contributed by atoms with van der Waals surface area (Å²) in [7, 11) is -4.03. The molecule has 0 spiro atoms. The summed E-state index contributed by atoms with van der Waals surface area (Å²) in [6.07, 6.45) is 0. The molecule has 0 atom stereocenters. The first-order valence-electron chi connectivity index (χ1n) is 8.86. The van der Waals surface area contributed by atoms with Gasteiger partial charge in [-0.25, -0.2) is 8.42 Å². The van der Waals surface area contributed by atoms with Crippen molar-refractivity contribution in [1.82, 2.24) is 0 Å². The molecular weight excluding hydrogens is 414 g/mol. The minimum atomic E-state index is -4.03. The second-order valence-electron chi connectivity index (χ2n) is 7.55. The number of sulfonamides is 1. The van der Waals surface area contributed by atoms with Gasteiger partial charge < -0.3 is 15.4 Å². The molecular formula is C19H23N3O5S2. The molecule has 3 N–H and O–H groups in total. The zero-order chi connectivity index (χ0) is 21.7. The number of fused-ring (bicyclic) bond motifs is 1. The second-order valence-corrected chi connectivity index (χ2v) is 10.5. The maximum Gasteiger partial charge on any atom is 0.262 e. The van der Waals surface area contributed by atoms with E-state index < -0.39 is 21.5 Å². The van der Waals surface area contributed by atoms with Gasteiger partial charge in [0.2, 0.25) is 5.91 Å². The molecule has 2 aromatic rings. The molecule has 0 saturated heterocycles. The van der Waals surface area contributed by atoms with Crippen LogP contribution in [0.5, 0.6) is 5.75 Å². The lowest BCUT2D eigenvalue weighted by molar-refractivity contribution is -0.117. The van der Waals surface area contributed by atoms with Crippen LogP contribution in [0.3, 0.4) is 0 Å². The van der Waals surface area contributed by atoms with Crippen molar-refractivity contribution in [2.45, 2.75) is 45.1 Å². The zero-order valence-electron chi connectivity index (χ0n) is 16.8. The van der Waals surface area contributed by atoms with E-state index in [0.29, 0.717) is 23.5 Å². The predicted molar refractivity (Wildman–Crippen MR) is 112 cm³/mol. The van der Waals surface area contributed by atoms with Crippen molar-refractivity contribution in [2.75, 3.05) is 16.2 Å². The first kappa shape index (κ1) is 21.1. The molecule has 1 aliphatic rings. The monoisotopic (exact) mass is 437 g/mol. The minimum Gasteiger partial charge on any atom is -0.484 e. The number of primary amides is 1. The van der Waals surface area contributed by atoms with Gasteiger partial charge in [0.25, 0.3) is 15.9 Å². The zero-order valence-corrected chi connectivity index (χ0v) is 18.5. The molecule has 1 aliphatic heterocycles. The van der Waals surface area contributed by atoms with Crippen LogP contribution in [-0.4, -0.2) is 32.4 Å². The third-order valence-corrected chi connectivity index (χ3v) is 7.29. The average molecular weight is 438 g/mol. The smallest absolute Gasteiger partial charge is 0.262 e. The van der Waals surface area contributed by atoms with E-state index in [0.717, 1.165) is 16.2 Å². The number of thiophene rings is 1. The Labute approximate surface area is 173 Å². The van der Waals surface area contributed by atoms with Gasteiger partial charge in [0.05, 0.1) is 22.7 Å². The van der Waals surface area contributed by atoms with Crippen LogP contribution in [0.1, 0.15) is 41.6 Å². The Bertz CT molecular complexity index is 1120. The number of amides is 2. The van der Waals surface area contributed by atoms with Crippen LogP contribution in [0.2, 0.25) is 0 Å². The van der Waals surface area contributed by atoms with Crippen LogP contribution in [-0.2, 0) is 14.8 Å². The van der Waals surface area contributed by atoms with E-state index in [-0.39, 0.29) is 21.4 Å². The molecule has 0 bridgehead atoms. The second kappa shape index (κ2) is 7.03.